The number of carbonyl (C=O) groups is 1. The molecule has 0 aliphatic heterocycles. The Balaban J connectivity index is 1.74. The Bertz CT molecular complexity index is 867. The maximum absolute atomic E-state index is 11.9. The van der Waals surface area contributed by atoms with Crippen molar-refractivity contribution in [1.29, 1.82) is 0 Å². The Hall–Kier alpha value is -3.00. The molecule has 8 heteroatoms. The van der Waals surface area contributed by atoms with Crippen LogP contribution >= 0.6 is 11.3 Å². The van der Waals surface area contributed by atoms with Gasteiger partial charge in [0.05, 0.1) is 31.7 Å². The van der Waals surface area contributed by atoms with Gasteiger partial charge in [-0.05, 0) is 12.1 Å². The summed E-state index contributed by atoms with van der Waals surface area (Å²) in [7, 11) is 3.17. The van der Waals surface area contributed by atoms with Crippen molar-refractivity contribution in [1.82, 2.24) is 15.0 Å². The Labute approximate surface area is 148 Å². The van der Waals surface area contributed by atoms with E-state index in [1.54, 1.807) is 14.2 Å². The lowest BCUT2D eigenvalue weighted by Crippen LogP contribution is -2.07. The third-order valence-corrected chi connectivity index (χ3v) is 4.23. The van der Waals surface area contributed by atoms with Crippen LogP contribution in [0.5, 0.6) is 11.5 Å². The molecular formula is C17H15N3O4S. The van der Waals surface area contributed by atoms with Gasteiger partial charge in [0, 0.05) is 17.8 Å². The number of carbonyl (C=O) groups excluding carboxylic acids is 1. The van der Waals surface area contributed by atoms with E-state index in [1.165, 1.54) is 29.9 Å². The molecule has 128 valence electrons. The quantitative estimate of drug-likeness (QED) is 0.627. The first kappa shape index (κ1) is 16.8. The van der Waals surface area contributed by atoms with Crippen LogP contribution < -0.4 is 9.47 Å². The Morgan fingerprint density at radius 3 is 2.80 bits per heavy atom. The van der Waals surface area contributed by atoms with Crippen LogP contribution in [0.25, 0.3) is 10.6 Å². The van der Waals surface area contributed by atoms with Crippen molar-refractivity contribution in [2.75, 3.05) is 14.2 Å². The number of hydrogen-bond acceptors (Lipinski definition) is 8. The molecule has 2 aromatic heterocycles. The molecule has 0 radical (unpaired) electrons. The summed E-state index contributed by atoms with van der Waals surface area (Å²) in [5.41, 5.74) is 1.62. The molecule has 3 aromatic rings. The van der Waals surface area contributed by atoms with Gasteiger partial charge in [-0.15, -0.1) is 11.3 Å². The fourth-order valence-corrected chi connectivity index (χ4v) is 3.00. The van der Waals surface area contributed by atoms with Crippen molar-refractivity contribution >= 4 is 17.3 Å². The molecule has 0 atom stereocenters. The van der Waals surface area contributed by atoms with Crippen molar-refractivity contribution in [3.63, 3.8) is 0 Å². The van der Waals surface area contributed by atoms with E-state index < -0.39 is 5.97 Å². The molecule has 0 aliphatic carbocycles. The van der Waals surface area contributed by atoms with Crippen LogP contribution in [0.1, 0.15) is 16.2 Å². The van der Waals surface area contributed by atoms with Crippen molar-refractivity contribution in [3.05, 3.63) is 53.6 Å². The first-order valence-electron chi connectivity index (χ1n) is 7.32. The van der Waals surface area contributed by atoms with Crippen LogP contribution in [0.2, 0.25) is 0 Å². The molecule has 1 aromatic carbocycles. The standard InChI is InChI=1S/C17H15N3O4S/c1-22-14-5-3-4-12(15(14)23-2)16-20-11(10-25-16)9-24-17(21)13-8-18-6-7-19-13/h3-8,10H,9H2,1-2H3. The van der Waals surface area contributed by atoms with Gasteiger partial charge >= 0.3 is 5.97 Å². The molecule has 0 saturated carbocycles. The molecule has 0 fully saturated rings. The minimum Gasteiger partial charge on any atom is -0.493 e. The van der Waals surface area contributed by atoms with Crippen LogP contribution in [0, 0.1) is 0 Å². The number of esters is 1. The molecule has 0 aliphatic rings. The van der Waals surface area contributed by atoms with Crippen molar-refractivity contribution in [2.45, 2.75) is 6.61 Å². The smallest absolute Gasteiger partial charge is 0.358 e. The second-order valence-electron chi connectivity index (χ2n) is 4.85. The summed E-state index contributed by atoms with van der Waals surface area (Å²) >= 11 is 1.43. The van der Waals surface area contributed by atoms with Crippen LogP contribution in [-0.2, 0) is 11.3 Å². The molecule has 0 spiro atoms. The van der Waals surface area contributed by atoms with Gasteiger partial charge in [-0.2, -0.15) is 0 Å². The Morgan fingerprint density at radius 1 is 1.20 bits per heavy atom. The van der Waals surface area contributed by atoms with Gasteiger partial charge in [0.2, 0.25) is 0 Å². The van der Waals surface area contributed by atoms with Crippen LogP contribution in [0.15, 0.2) is 42.2 Å². The second-order valence-corrected chi connectivity index (χ2v) is 5.71. The van der Waals surface area contributed by atoms with E-state index in [-0.39, 0.29) is 12.3 Å². The van der Waals surface area contributed by atoms with E-state index in [1.807, 2.05) is 23.6 Å². The normalized spacial score (nSPS) is 10.3. The highest BCUT2D eigenvalue weighted by Crippen LogP contribution is 2.38. The van der Waals surface area contributed by atoms with Gasteiger partial charge in [0.1, 0.15) is 11.6 Å². The zero-order chi connectivity index (χ0) is 17.6. The van der Waals surface area contributed by atoms with Crippen molar-refractivity contribution in [3.8, 4) is 22.1 Å². The minimum absolute atomic E-state index is 0.0538. The van der Waals surface area contributed by atoms with Crippen LogP contribution in [-0.4, -0.2) is 35.1 Å². The first-order chi connectivity index (χ1) is 12.2. The first-order valence-corrected chi connectivity index (χ1v) is 8.19. The predicted octanol–water partition coefficient (Wildman–Crippen LogP) is 2.97. The monoisotopic (exact) mass is 357 g/mol. The molecule has 2 heterocycles. The van der Waals surface area contributed by atoms with Gasteiger partial charge in [0.15, 0.2) is 17.2 Å². The number of para-hydroxylation sites is 1. The van der Waals surface area contributed by atoms with E-state index in [0.717, 1.165) is 10.6 Å². The molecule has 0 bridgehead atoms. The number of benzene rings is 1. The Morgan fingerprint density at radius 2 is 2.08 bits per heavy atom. The summed E-state index contributed by atoms with van der Waals surface area (Å²) < 4.78 is 15.9. The lowest BCUT2D eigenvalue weighted by Gasteiger charge is -2.10. The maximum Gasteiger partial charge on any atom is 0.358 e. The van der Waals surface area contributed by atoms with E-state index in [2.05, 4.69) is 15.0 Å². The van der Waals surface area contributed by atoms with Crippen molar-refractivity contribution < 1.29 is 19.0 Å². The summed E-state index contributed by atoms with van der Waals surface area (Å²) in [6, 6.07) is 5.58. The number of methoxy groups -OCH3 is 2. The molecule has 0 N–H and O–H groups in total. The van der Waals surface area contributed by atoms with Crippen LogP contribution in [0.4, 0.5) is 0 Å². The summed E-state index contributed by atoms with van der Waals surface area (Å²) in [5, 5.41) is 2.58. The van der Waals surface area contributed by atoms with E-state index in [9.17, 15) is 4.79 Å². The highest BCUT2D eigenvalue weighted by atomic mass is 32.1. The summed E-state index contributed by atoms with van der Waals surface area (Å²) in [6.45, 7) is 0.0538. The average molecular weight is 357 g/mol. The Kier molecular flexibility index (Phi) is 5.20. The zero-order valence-corrected chi connectivity index (χ0v) is 14.4. The van der Waals surface area contributed by atoms with Gasteiger partial charge in [0.25, 0.3) is 0 Å². The van der Waals surface area contributed by atoms with E-state index in [0.29, 0.717) is 17.2 Å². The highest BCUT2D eigenvalue weighted by Gasteiger charge is 2.15. The fraction of sp³-hybridized carbons (Fsp3) is 0.176. The largest absolute Gasteiger partial charge is 0.493 e. The molecule has 0 amide bonds. The number of ether oxygens (including phenoxy) is 3. The molecule has 0 unspecified atom stereocenters. The molecule has 0 saturated heterocycles. The van der Waals surface area contributed by atoms with Gasteiger partial charge in [-0.25, -0.2) is 14.8 Å². The van der Waals surface area contributed by atoms with Gasteiger partial charge in [-0.1, -0.05) is 6.07 Å². The average Bonchev–Trinajstić information content (AvgIpc) is 3.14. The number of aromatic nitrogens is 3. The maximum atomic E-state index is 11.9. The highest BCUT2D eigenvalue weighted by molar-refractivity contribution is 7.13. The summed E-state index contributed by atoms with van der Waals surface area (Å²) in [4.78, 5) is 24.1. The minimum atomic E-state index is -0.540. The van der Waals surface area contributed by atoms with E-state index >= 15 is 0 Å². The summed E-state index contributed by atoms with van der Waals surface area (Å²) in [5.74, 6) is 0.704. The zero-order valence-electron chi connectivity index (χ0n) is 13.6. The summed E-state index contributed by atoms with van der Waals surface area (Å²) in [6.07, 6.45) is 4.29. The third kappa shape index (κ3) is 3.74. The number of rotatable bonds is 6. The van der Waals surface area contributed by atoms with Gasteiger partial charge < -0.3 is 14.2 Å². The lowest BCUT2D eigenvalue weighted by atomic mass is 10.2. The molecule has 7 nitrogen and oxygen atoms in total. The molecule has 3 rings (SSSR count). The fourth-order valence-electron chi connectivity index (χ4n) is 2.17. The number of hydrogen-bond donors (Lipinski definition) is 0. The SMILES string of the molecule is COc1cccc(-c2nc(COC(=O)c3cnccn3)cs2)c1OC. The third-order valence-electron chi connectivity index (χ3n) is 3.31. The topological polar surface area (TPSA) is 83.4 Å². The van der Waals surface area contributed by atoms with Crippen LogP contribution in [0.3, 0.4) is 0 Å². The van der Waals surface area contributed by atoms with Gasteiger partial charge in [-0.3, -0.25) is 4.98 Å². The number of nitrogens with zero attached hydrogens (tertiary/aromatic N) is 3. The van der Waals surface area contributed by atoms with E-state index in [4.69, 9.17) is 14.2 Å². The predicted molar refractivity (Wildman–Crippen MR) is 91.8 cm³/mol. The van der Waals surface area contributed by atoms with Crippen molar-refractivity contribution in [2.24, 2.45) is 0 Å². The second kappa shape index (κ2) is 7.71. The molecule has 25 heavy (non-hydrogen) atoms. The number of thiazole rings is 1. The lowest BCUT2D eigenvalue weighted by molar-refractivity contribution is 0.0461. The molecular weight excluding hydrogens is 342 g/mol.